The number of benzene rings is 3. The molecule has 184 valence electrons. The summed E-state index contributed by atoms with van der Waals surface area (Å²) >= 11 is 0. The van der Waals surface area contributed by atoms with Gasteiger partial charge in [0.1, 0.15) is 17.7 Å². The molecule has 36 heavy (non-hydrogen) atoms. The second-order valence-electron chi connectivity index (χ2n) is 10.6. The second kappa shape index (κ2) is 9.49. The van der Waals surface area contributed by atoms with E-state index in [9.17, 15) is 5.11 Å². The van der Waals surface area contributed by atoms with Crippen LogP contribution >= 0.6 is 0 Å². The van der Waals surface area contributed by atoms with Crippen LogP contribution in [0.4, 0.5) is 0 Å². The van der Waals surface area contributed by atoms with Crippen LogP contribution in [0.5, 0.6) is 5.75 Å². The van der Waals surface area contributed by atoms with E-state index in [0.29, 0.717) is 18.8 Å². The lowest BCUT2D eigenvalue weighted by atomic mass is 9.76. The molecule has 1 unspecified atom stereocenters. The molecular formula is C31H33N3O2. The first-order valence-electron chi connectivity index (χ1n) is 12.3. The van der Waals surface area contributed by atoms with Crippen LogP contribution in [0, 0.1) is 0 Å². The van der Waals surface area contributed by atoms with Crippen LogP contribution in [0.3, 0.4) is 0 Å². The summed E-state index contributed by atoms with van der Waals surface area (Å²) in [5, 5.41) is 12.7. The molecule has 0 spiro atoms. The molecule has 0 fully saturated rings. The number of methoxy groups -OCH3 is 1. The lowest BCUT2D eigenvalue weighted by Crippen LogP contribution is -2.46. The minimum atomic E-state index is -1.26. The highest BCUT2D eigenvalue weighted by atomic mass is 16.5. The lowest BCUT2D eigenvalue weighted by Gasteiger charge is -2.43. The average molecular weight is 480 g/mol. The molecule has 0 radical (unpaired) electrons. The minimum absolute atomic E-state index is 0.0676. The van der Waals surface area contributed by atoms with Gasteiger partial charge in [0.05, 0.1) is 7.11 Å². The van der Waals surface area contributed by atoms with Gasteiger partial charge in [-0.25, -0.2) is 9.97 Å². The zero-order valence-electron chi connectivity index (χ0n) is 21.4. The Bertz CT molecular complexity index is 1350. The third-order valence-electron chi connectivity index (χ3n) is 7.09. The van der Waals surface area contributed by atoms with Gasteiger partial charge in [0.15, 0.2) is 0 Å². The lowest BCUT2D eigenvalue weighted by molar-refractivity contribution is 0.0138. The quantitative estimate of drug-likeness (QED) is 0.398. The third kappa shape index (κ3) is 4.52. The molecule has 1 aromatic heterocycles. The molecule has 4 aromatic rings. The van der Waals surface area contributed by atoms with Crippen molar-refractivity contribution in [3.8, 4) is 16.9 Å². The summed E-state index contributed by atoms with van der Waals surface area (Å²) in [6.45, 7) is 8.45. The average Bonchev–Trinajstić information content (AvgIpc) is 2.88. The molecule has 0 saturated heterocycles. The molecule has 1 atom stereocenters. The van der Waals surface area contributed by atoms with Gasteiger partial charge in [-0.15, -0.1) is 0 Å². The Morgan fingerprint density at radius 3 is 2.39 bits per heavy atom. The van der Waals surface area contributed by atoms with Crippen LogP contribution < -0.4 is 4.74 Å². The first-order valence-corrected chi connectivity index (χ1v) is 12.3. The van der Waals surface area contributed by atoms with Crippen molar-refractivity contribution in [3.05, 3.63) is 113 Å². The Morgan fingerprint density at radius 2 is 1.69 bits per heavy atom. The van der Waals surface area contributed by atoms with Gasteiger partial charge in [-0.2, -0.15) is 0 Å². The van der Waals surface area contributed by atoms with Crippen molar-refractivity contribution in [1.29, 1.82) is 0 Å². The summed E-state index contributed by atoms with van der Waals surface area (Å²) in [4.78, 5) is 10.8. The minimum Gasteiger partial charge on any atom is -0.496 e. The maximum Gasteiger partial charge on any atom is 0.131 e. The van der Waals surface area contributed by atoms with Crippen LogP contribution in [0.2, 0.25) is 0 Å². The van der Waals surface area contributed by atoms with E-state index in [4.69, 9.17) is 4.74 Å². The highest BCUT2D eigenvalue weighted by Crippen LogP contribution is 2.45. The highest BCUT2D eigenvalue weighted by Gasteiger charge is 2.42. The number of fused-ring (bicyclic) bond motifs is 1. The summed E-state index contributed by atoms with van der Waals surface area (Å²) in [5.74, 6) is 0.687. The molecule has 5 nitrogen and oxygen atoms in total. The summed E-state index contributed by atoms with van der Waals surface area (Å²) in [6, 6.07) is 22.8. The number of β-amino-alcohol motifs (C(OH)–C–C–N with tert-alkyl or cyclic N) is 1. The number of nitrogens with zero attached hydrogens (tertiary/aromatic N) is 3. The third-order valence-corrected chi connectivity index (χ3v) is 7.09. The van der Waals surface area contributed by atoms with E-state index in [0.717, 1.165) is 39.9 Å². The van der Waals surface area contributed by atoms with Gasteiger partial charge in [-0.05, 0) is 45.4 Å². The molecular weight excluding hydrogens is 446 g/mol. The van der Waals surface area contributed by atoms with Gasteiger partial charge in [0, 0.05) is 43.2 Å². The van der Waals surface area contributed by atoms with Crippen molar-refractivity contribution < 1.29 is 9.84 Å². The van der Waals surface area contributed by atoms with E-state index >= 15 is 0 Å². The van der Waals surface area contributed by atoms with Crippen molar-refractivity contribution in [3.63, 3.8) is 0 Å². The van der Waals surface area contributed by atoms with Crippen LogP contribution in [0.15, 0.2) is 85.5 Å². The smallest absolute Gasteiger partial charge is 0.131 e. The Morgan fingerprint density at radius 1 is 0.944 bits per heavy atom. The monoisotopic (exact) mass is 479 g/mol. The van der Waals surface area contributed by atoms with E-state index in [1.54, 1.807) is 13.4 Å². The number of hydrogen-bond donors (Lipinski definition) is 1. The maximum absolute atomic E-state index is 12.7. The van der Waals surface area contributed by atoms with Crippen molar-refractivity contribution in [2.75, 3.05) is 13.7 Å². The molecule has 5 rings (SSSR count). The zero-order valence-corrected chi connectivity index (χ0v) is 21.4. The fraction of sp³-hybridized carbons (Fsp3) is 0.290. The molecule has 5 heteroatoms. The Hall–Kier alpha value is -3.54. The van der Waals surface area contributed by atoms with Gasteiger partial charge in [-0.1, -0.05) is 75.4 Å². The van der Waals surface area contributed by atoms with Crippen LogP contribution in [0.1, 0.15) is 48.6 Å². The first kappa shape index (κ1) is 24.2. The summed E-state index contributed by atoms with van der Waals surface area (Å²) in [7, 11) is 1.67. The topological polar surface area (TPSA) is 58.5 Å². The summed E-state index contributed by atoms with van der Waals surface area (Å²) < 4.78 is 5.82. The van der Waals surface area contributed by atoms with Gasteiger partial charge in [-0.3, -0.25) is 4.90 Å². The van der Waals surface area contributed by atoms with Crippen molar-refractivity contribution in [2.24, 2.45) is 0 Å². The molecule has 1 N–H and O–H groups in total. The Kier molecular flexibility index (Phi) is 6.37. The van der Waals surface area contributed by atoms with Gasteiger partial charge >= 0.3 is 0 Å². The van der Waals surface area contributed by atoms with Gasteiger partial charge in [0.2, 0.25) is 0 Å². The van der Waals surface area contributed by atoms with Crippen LogP contribution in [0.25, 0.3) is 11.1 Å². The SMILES string of the molecule is COc1ccc(C(C)(C)C)cc1C1(O)CN(Cc2ccccc2)Cc2c(-c3cncnc3)cccc21. The molecule has 1 aliphatic heterocycles. The van der Waals surface area contributed by atoms with E-state index in [1.165, 1.54) is 5.56 Å². The van der Waals surface area contributed by atoms with Crippen molar-refractivity contribution in [2.45, 2.75) is 44.9 Å². The fourth-order valence-corrected chi connectivity index (χ4v) is 5.22. The molecule has 0 bridgehead atoms. The molecule has 0 amide bonds. The van der Waals surface area contributed by atoms with Crippen LogP contribution in [-0.4, -0.2) is 33.6 Å². The second-order valence-corrected chi connectivity index (χ2v) is 10.6. The molecule has 0 saturated carbocycles. The predicted molar refractivity (Wildman–Crippen MR) is 143 cm³/mol. The number of rotatable bonds is 5. The predicted octanol–water partition coefficient (Wildman–Crippen LogP) is 5.70. The molecule has 3 aromatic carbocycles. The largest absolute Gasteiger partial charge is 0.496 e. The normalized spacial score (nSPS) is 18.0. The number of ether oxygens (including phenoxy) is 1. The maximum atomic E-state index is 12.7. The van der Waals surface area contributed by atoms with Crippen molar-refractivity contribution >= 4 is 0 Å². The number of hydrogen-bond acceptors (Lipinski definition) is 5. The van der Waals surface area contributed by atoms with Gasteiger partial charge < -0.3 is 9.84 Å². The molecule has 2 heterocycles. The molecule has 0 aliphatic carbocycles. The highest BCUT2D eigenvalue weighted by molar-refractivity contribution is 5.69. The standard InChI is InChI=1S/C31H33N3O2/c1-30(2,3)24-13-14-29(36-4)28(15-24)31(35)20-34(18-22-9-6-5-7-10-22)19-26-25(11-8-12-27(26)31)23-16-32-21-33-17-23/h5-17,21,35H,18-20H2,1-4H3. The number of aromatic nitrogens is 2. The van der Waals surface area contributed by atoms with E-state index in [-0.39, 0.29) is 5.41 Å². The van der Waals surface area contributed by atoms with Gasteiger partial charge in [0.25, 0.3) is 0 Å². The van der Waals surface area contributed by atoms with Crippen molar-refractivity contribution in [1.82, 2.24) is 14.9 Å². The number of aliphatic hydroxyl groups is 1. The Balaban J connectivity index is 1.71. The Labute approximate surface area is 213 Å². The zero-order chi connectivity index (χ0) is 25.3. The van der Waals surface area contributed by atoms with E-state index in [1.807, 2.05) is 36.7 Å². The first-order chi connectivity index (χ1) is 17.3. The summed E-state index contributed by atoms with van der Waals surface area (Å²) in [6.07, 6.45) is 5.21. The molecule has 1 aliphatic rings. The van der Waals surface area contributed by atoms with Crippen LogP contribution in [-0.2, 0) is 24.1 Å². The van der Waals surface area contributed by atoms with E-state index < -0.39 is 5.60 Å². The van der Waals surface area contributed by atoms with E-state index in [2.05, 4.69) is 78.1 Å². The summed E-state index contributed by atoms with van der Waals surface area (Å²) in [5.41, 5.74) is 5.78. The fourth-order valence-electron chi connectivity index (χ4n) is 5.22.